The Bertz CT molecular complexity index is 677. The molecule has 7 nitrogen and oxygen atoms in total. The van der Waals surface area contributed by atoms with Crippen molar-refractivity contribution in [2.75, 3.05) is 7.11 Å². The number of carbonyl (C=O) groups excluding carboxylic acids is 1. The number of aromatic nitrogens is 2. The van der Waals surface area contributed by atoms with Crippen LogP contribution in [0.2, 0.25) is 0 Å². The van der Waals surface area contributed by atoms with E-state index in [1.165, 1.54) is 19.5 Å². The number of nitrogens with zero attached hydrogens (tertiary/aromatic N) is 2. The molecule has 0 radical (unpaired) electrons. The topological polar surface area (TPSA) is 90.8 Å². The Morgan fingerprint density at radius 2 is 2.14 bits per heavy atom. The second kappa shape index (κ2) is 5.51. The Morgan fingerprint density at radius 1 is 1.38 bits per heavy atom. The smallest absolute Gasteiger partial charge is 0.465 e. The highest BCUT2D eigenvalue weighted by atomic mass is 16.5. The van der Waals surface area contributed by atoms with Gasteiger partial charge in [0.1, 0.15) is 5.75 Å². The van der Waals surface area contributed by atoms with E-state index >= 15 is 0 Å². The second-order valence-corrected chi connectivity index (χ2v) is 4.37. The van der Waals surface area contributed by atoms with Gasteiger partial charge in [-0.05, 0) is 23.2 Å². The molecule has 1 aliphatic rings. The SMILES string of the molecule is COC(=O)c1cnc(Oc2ccc3c(c2)B(O)OC3)nc1. The Hall–Kier alpha value is -2.45. The molecule has 1 aliphatic heterocycles. The molecule has 106 valence electrons. The maximum absolute atomic E-state index is 11.3. The summed E-state index contributed by atoms with van der Waals surface area (Å²) in [5, 5.41) is 9.64. The Kier molecular flexibility index (Phi) is 3.55. The van der Waals surface area contributed by atoms with E-state index in [0.717, 1.165) is 5.56 Å². The normalized spacial score (nSPS) is 13.0. The van der Waals surface area contributed by atoms with Gasteiger partial charge in [-0.1, -0.05) is 6.07 Å². The molecule has 21 heavy (non-hydrogen) atoms. The highest BCUT2D eigenvalue weighted by Gasteiger charge is 2.27. The lowest BCUT2D eigenvalue weighted by Gasteiger charge is -2.06. The number of fused-ring (bicyclic) bond motifs is 1. The van der Waals surface area contributed by atoms with E-state index in [9.17, 15) is 9.82 Å². The molecule has 0 aliphatic carbocycles. The van der Waals surface area contributed by atoms with E-state index in [0.29, 0.717) is 17.8 Å². The molecule has 2 heterocycles. The van der Waals surface area contributed by atoms with E-state index in [-0.39, 0.29) is 11.6 Å². The van der Waals surface area contributed by atoms with E-state index in [4.69, 9.17) is 9.39 Å². The summed E-state index contributed by atoms with van der Waals surface area (Å²) < 4.78 is 15.1. The van der Waals surface area contributed by atoms with Crippen molar-refractivity contribution in [3.05, 3.63) is 41.7 Å². The molecular formula is C13H11BN2O5. The van der Waals surface area contributed by atoms with Gasteiger partial charge in [-0.25, -0.2) is 14.8 Å². The second-order valence-electron chi connectivity index (χ2n) is 4.37. The molecule has 8 heteroatoms. The van der Waals surface area contributed by atoms with Crippen LogP contribution in [0.5, 0.6) is 11.8 Å². The first-order chi connectivity index (χ1) is 10.2. The van der Waals surface area contributed by atoms with E-state index < -0.39 is 13.1 Å². The van der Waals surface area contributed by atoms with Crippen molar-refractivity contribution in [1.29, 1.82) is 0 Å². The Labute approximate surface area is 120 Å². The minimum absolute atomic E-state index is 0.0935. The molecule has 0 atom stereocenters. The van der Waals surface area contributed by atoms with Gasteiger partial charge in [-0.3, -0.25) is 0 Å². The van der Waals surface area contributed by atoms with Gasteiger partial charge < -0.3 is 19.2 Å². The van der Waals surface area contributed by atoms with Crippen molar-refractivity contribution in [2.24, 2.45) is 0 Å². The standard InChI is InChI=1S/C13H11BN2O5/c1-19-12(17)9-5-15-13(16-6-9)21-10-3-2-8-7-20-14(18)11(8)4-10/h2-6,18H,7H2,1H3. The van der Waals surface area contributed by atoms with Crippen LogP contribution in [-0.2, 0) is 16.0 Å². The highest BCUT2D eigenvalue weighted by Crippen LogP contribution is 2.20. The fourth-order valence-corrected chi connectivity index (χ4v) is 1.95. The van der Waals surface area contributed by atoms with Gasteiger partial charge in [0.2, 0.25) is 0 Å². The summed E-state index contributed by atoms with van der Waals surface area (Å²) in [5.41, 5.74) is 1.82. The summed E-state index contributed by atoms with van der Waals surface area (Å²) in [7, 11) is 0.344. The average molecular weight is 286 g/mol. The molecule has 0 spiro atoms. The lowest BCUT2D eigenvalue weighted by molar-refractivity contribution is 0.0599. The van der Waals surface area contributed by atoms with Crippen LogP contribution in [0, 0.1) is 0 Å². The lowest BCUT2D eigenvalue weighted by Crippen LogP contribution is -2.27. The fraction of sp³-hybridized carbons (Fsp3) is 0.154. The van der Waals surface area contributed by atoms with Gasteiger partial charge in [-0.15, -0.1) is 0 Å². The number of ether oxygens (including phenoxy) is 2. The summed E-state index contributed by atoms with van der Waals surface area (Å²) >= 11 is 0. The number of esters is 1. The van der Waals surface area contributed by atoms with Crippen LogP contribution in [0.3, 0.4) is 0 Å². The van der Waals surface area contributed by atoms with E-state index in [2.05, 4.69) is 14.7 Å². The number of carbonyl (C=O) groups is 1. The van der Waals surface area contributed by atoms with Crippen molar-refractivity contribution < 1.29 is 23.9 Å². The third-order valence-corrected chi connectivity index (χ3v) is 3.04. The largest absolute Gasteiger partial charge is 0.491 e. The molecule has 1 aromatic heterocycles. The zero-order valence-corrected chi connectivity index (χ0v) is 11.1. The predicted molar refractivity (Wildman–Crippen MR) is 72.3 cm³/mol. The molecule has 3 rings (SSSR count). The van der Waals surface area contributed by atoms with Crippen LogP contribution in [0.25, 0.3) is 0 Å². The number of hydrogen-bond acceptors (Lipinski definition) is 7. The monoisotopic (exact) mass is 286 g/mol. The van der Waals surface area contributed by atoms with Crippen molar-refractivity contribution in [3.63, 3.8) is 0 Å². The maximum Gasteiger partial charge on any atom is 0.491 e. The van der Waals surface area contributed by atoms with Crippen molar-refractivity contribution >= 4 is 18.6 Å². The maximum atomic E-state index is 11.3. The first-order valence-corrected chi connectivity index (χ1v) is 6.18. The summed E-state index contributed by atoms with van der Waals surface area (Å²) in [6.45, 7) is 0.376. The van der Waals surface area contributed by atoms with Gasteiger partial charge in [0.05, 0.1) is 19.3 Å². The van der Waals surface area contributed by atoms with Gasteiger partial charge in [0, 0.05) is 12.4 Å². The average Bonchev–Trinajstić information content (AvgIpc) is 2.88. The van der Waals surface area contributed by atoms with Crippen LogP contribution in [-0.4, -0.2) is 35.2 Å². The molecule has 0 fully saturated rings. The van der Waals surface area contributed by atoms with Crippen LogP contribution in [0.1, 0.15) is 15.9 Å². The molecule has 0 saturated heterocycles. The van der Waals surface area contributed by atoms with Crippen LogP contribution < -0.4 is 10.2 Å². The molecule has 0 unspecified atom stereocenters. The minimum Gasteiger partial charge on any atom is -0.465 e. The van der Waals surface area contributed by atoms with Crippen molar-refractivity contribution in [3.8, 4) is 11.8 Å². The van der Waals surface area contributed by atoms with Gasteiger partial charge in [0.15, 0.2) is 0 Å². The summed E-state index contributed by atoms with van der Waals surface area (Å²) in [4.78, 5) is 19.1. The third kappa shape index (κ3) is 2.71. The van der Waals surface area contributed by atoms with Crippen molar-refractivity contribution in [2.45, 2.75) is 6.61 Å². The van der Waals surface area contributed by atoms with Gasteiger partial charge in [0.25, 0.3) is 0 Å². The minimum atomic E-state index is -0.939. The molecule has 0 amide bonds. The van der Waals surface area contributed by atoms with E-state index in [1.54, 1.807) is 12.1 Å². The highest BCUT2D eigenvalue weighted by molar-refractivity contribution is 6.61. The first kappa shape index (κ1) is 13.5. The molecular weight excluding hydrogens is 275 g/mol. The first-order valence-electron chi connectivity index (χ1n) is 6.18. The zero-order chi connectivity index (χ0) is 14.8. The van der Waals surface area contributed by atoms with E-state index in [1.807, 2.05) is 6.07 Å². The Balaban J connectivity index is 1.78. The lowest BCUT2D eigenvalue weighted by atomic mass is 9.79. The molecule has 0 saturated carbocycles. The molecule has 1 aromatic carbocycles. The summed E-state index contributed by atoms with van der Waals surface area (Å²) in [6, 6.07) is 5.31. The number of hydrogen-bond donors (Lipinski definition) is 1. The van der Waals surface area contributed by atoms with Crippen LogP contribution >= 0.6 is 0 Å². The molecule has 2 aromatic rings. The predicted octanol–water partition coefficient (Wildman–Crippen LogP) is 0.273. The van der Waals surface area contributed by atoms with Gasteiger partial charge >= 0.3 is 19.1 Å². The quantitative estimate of drug-likeness (QED) is 0.639. The summed E-state index contributed by atoms with van der Waals surface area (Å²) in [6.07, 6.45) is 2.64. The molecule has 0 bridgehead atoms. The zero-order valence-electron chi connectivity index (χ0n) is 11.1. The third-order valence-electron chi connectivity index (χ3n) is 3.04. The fourth-order valence-electron chi connectivity index (χ4n) is 1.95. The van der Waals surface area contributed by atoms with Crippen molar-refractivity contribution in [1.82, 2.24) is 9.97 Å². The number of benzene rings is 1. The summed E-state index contributed by atoms with van der Waals surface area (Å²) in [5.74, 6) is -0.0385. The van der Waals surface area contributed by atoms with Gasteiger partial charge in [-0.2, -0.15) is 0 Å². The Morgan fingerprint density at radius 3 is 2.86 bits per heavy atom. The number of rotatable bonds is 3. The van der Waals surface area contributed by atoms with Crippen LogP contribution in [0.4, 0.5) is 0 Å². The van der Waals surface area contributed by atoms with Crippen LogP contribution in [0.15, 0.2) is 30.6 Å². The molecule has 1 N–H and O–H groups in total. The number of methoxy groups -OCH3 is 1.